The van der Waals surface area contributed by atoms with Crippen molar-refractivity contribution in [1.82, 2.24) is 10.2 Å². The summed E-state index contributed by atoms with van der Waals surface area (Å²) in [6.07, 6.45) is 2.20. The lowest BCUT2D eigenvalue weighted by Crippen LogP contribution is -2.47. The standard InChI is InChI=1S/C15H21Cl2N3S/c1-10(2)20-8-6-11(7-9-20)18-15(21)19-13-5-3-4-12(16)14(13)17/h3-5,10-11H,6-9H2,1-2H3,(H2,18,19,21). The molecule has 1 aliphatic heterocycles. The van der Waals surface area contributed by atoms with E-state index in [-0.39, 0.29) is 0 Å². The van der Waals surface area contributed by atoms with Crippen molar-refractivity contribution in [2.75, 3.05) is 18.4 Å². The molecule has 0 saturated carbocycles. The van der Waals surface area contributed by atoms with Gasteiger partial charge in [-0.2, -0.15) is 0 Å². The van der Waals surface area contributed by atoms with Crippen LogP contribution >= 0.6 is 35.4 Å². The molecule has 2 N–H and O–H groups in total. The number of halogens is 2. The second-order valence-corrected chi connectivity index (χ2v) is 6.80. The Morgan fingerprint density at radius 1 is 1.29 bits per heavy atom. The third-order valence-electron chi connectivity index (χ3n) is 3.79. The predicted octanol–water partition coefficient (Wildman–Crippen LogP) is 4.15. The Labute approximate surface area is 142 Å². The number of nitrogens with one attached hydrogen (secondary N) is 2. The smallest absolute Gasteiger partial charge is 0.171 e. The summed E-state index contributed by atoms with van der Waals surface area (Å²) in [5.74, 6) is 0. The summed E-state index contributed by atoms with van der Waals surface area (Å²) in [7, 11) is 0. The number of anilines is 1. The van der Waals surface area contributed by atoms with Crippen LogP contribution in [0, 0.1) is 0 Å². The molecule has 116 valence electrons. The number of thiocarbonyl (C=S) groups is 1. The lowest BCUT2D eigenvalue weighted by atomic mass is 10.0. The zero-order chi connectivity index (χ0) is 15.4. The quantitative estimate of drug-likeness (QED) is 0.804. The van der Waals surface area contributed by atoms with Gasteiger partial charge in [0.1, 0.15) is 0 Å². The zero-order valence-corrected chi connectivity index (χ0v) is 14.7. The average Bonchev–Trinajstić information content (AvgIpc) is 2.44. The van der Waals surface area contributed by atoms with Crippen molar-refractivity contribution in [3.8, 4) is 0 Å². The van der Waals surface area contributed by atoms with E-state index in [0.29, 0.717) is 27.2 Å². The Morgan fingerprint density at radius 3 is 2.57 bits per heavy atom. The van der Waals surface area contributed by atoms with Gasteiger partial charge in [-0.05, 0) is 51.0 Å². The van der Waals surface area contributed by atoms with Gasteiger partial charge in [-0.3, -0.25) is 0 Å². The Morgan fingerprint density at radius 2 is 1.95 bits per heavy atom. The second kappa shape index (κ2) is 7.63. The van der Waals surface area contributed by atoms with Crippen molar-refractivity contribution in [1.29, 1.82) is 0 Å². The molecule has 0 unspecified atom stereocenters. The fraction of sp³-hybridized carbons (Fsp3) is 0.533. The molecule has 0 aromatic heterocycles. The molecule has 0 amide bonds. The van der Waals surface area contributed by atoms with E-state index < -0.39 is 0 Å². The van der Waals surface area contributed by atoms with Crippen molar-refractivity contribution >= 4 is 46.2 Å². The summed E-state index contributed by atoms with van der Waals surface area (Å²) in [5, 5.41) is 8.11. The molecule has 0 atom stereocenters. The second-order valence-electron chi connectivity index (χ2n) is 5.60. The molecule has 1 aromatic carbocycles. The van der Waals surface area contributed by atoms with Crippen LogP contribution in [0.15, 0.2) is 18.2 Å². The molecule has 2 rings (SSSR count). The van der Waals surface area contributed by atoms with Crippen LogP contribution in [0.25, 0.3) is 0 Å². The zero-order valence-electron chi connectivity index (χ0n) is 12.3. The van der Waals surface area contributed by atoms with Crippen LogP contribution in [0.3, 0.4) is 0 Å². The van der Waals surface area contributed by atoms with E-state index >= 15 is 0 Å². The van der Waals surface area contributed by atoms with Crippen LogP contribution < -0.4 is 10.6 Å². The van der Waals surface area contributed by atoms with Crippen molar-refractivity contribution in [2.24, 2.45) is 0 Å². The molecule has 1 fully saturated rings. The van der Waals surface area contributed by atoms with Crippen LogP contribution in [0.1, 0.15) is 26.7 Å². The van der Waals surface area contributed by atoms with Gasteiger partial charge in [0, 0.05) is 25.2 Å². The Bertz CT molecular complexity index is 500. The summed E-state index contributed by atoms with van der Waals surface area (Å²) < 4.78 is 0. The van der Waals surface area contributed by atoms with Gasteiger partial charge in [0.15, 0.2) is 5.11 Å². The van der Waals surface area contributed by atoms with Gasteiger partial charge in [-0.15, -0.1) is 0 Å². The molecule has 3 nitrogen and oxygen atoms in total. The Hall–Kier alpha value is -0.550. The van der Waals surface area contributed by atoms with E-state index in [9.17, 15) is 0 Å². The lowest BCUT2D eigenvalue weighted by molar-refractivity contribution is 0.168. The Balaban J connectivity index is 1.84. The van der Waals surface area contributed by atoms with E-state index in [2.05, 4.69) is 29.4 Å². The van der Waals surface area contributed by atoms with Gasteiger partial charge in [0.05, 0.1) is 15.7 Å². The maximum atomic E-state index is 6.15. The molecule has 0 bridgehead atoms. The maximum absolute atomic E-state index is 6.15. The van der Waals surface area contributed by atoms with Gasteiger partial charge >= 0.3 is 0 Å². The molecule has 1 aromatic rings. The normalized spacial score (nSPS) is 17.0. The summed E-state index contributed by atoms with van der Waals surface area (Å²) in [5.41, 5.74) is 0.737. The Kier molecular flexibility index (Phi) is 6.11. The van der Waals surface area contributed by atoms with E-state index in [1.807, 2.05) is 12.1 Å². The van der Waals surface area contributed by atoms with Crippen LogP contribution in [0.4, 0.5) is 5.69 Å². The van der Waals surface area contributed by atoms with Crippen molar-refractivity contribution in [3.05, 3.63) is 28.2 Å². The third kappa shape index (κ3) is 4.71. The van der Waals surface area contributed by atoms with Gasteiger partial charge in [-0.25, -0.2) is 0 Å². The van der Waals surface area contributed by atoms with Crippen molar-refractivity contribution < 1.29 is 0 Å². The van der Waals surface area contributed by atoms with Crippen LogP contribution in [0.5, 0.6) is 0 Å². The highest BCUT2D eigenvalue weighted by Gasteiger charge is 2.21. The molecule has 0 radical (unpaired) electrons. The first-order valence-corrected chi connectivity index (χ1v) is 8.39. The minimum Gasteiger partial charge on any atom is -0.360 e. The number of likely N-dealkylation sites (tertiary alicyclic amines) is 1. The lowest BCUT2D eigenvalue weighted by Gasteiger charge is -2.35. The SMILES string of the molecule is CC(C)N1CCC(NC(=S)Nc2cccc(Cl)c2Cl)CC1. The number of piperidine rings is 1. The van der Waals surface area contributed by atoms with E-state index in [1.54, 1.807) is 6.07 Å². The van der Waals surface area contributed by atoms with Gasteiger partial charge in [-0.1, -0.05) is 29.3 Å². The van der Waals surface area contributed by atoms with Gasteiger partial charge < -0.3 is 15.5 Å². The van der Waals surface area contributed by atoms with E-state index in [1.165, 1.54) is 0 Å². The summed E-state index contributed by atoms with van der Waals surface area (Å²) in [6.45, 7) is 6.69. The highest BCUT2D eigenvalue weighted by atomic mass is 35.5. The average molecular weight is 346 g/mol. The minimum absolute atomic E-state index is 0.415. The number of benzene rings is 1. The van der Waals surface area contributed by atoms with Gasteiger partial charge in [0.2, 0.25) is 0 Å². The monoisotopic (exact) mass is 345 g/mol. The maximum Gasteiger partial charge on any atom is 0.171 e. The number of nitrogens with zero attached hydrogens (tertiary/aromatic N) is 1. The summed E-state index contributed by atoms with van der Waals surface area (Å²) in [4.78, 5) is 2.49. The molecule has 1 heterocycles. The molecular formula is C15H21Cl2N3S. The van der Waals surface area contributed by atoms with Crippen LogP contribution in [-0.4, -0.2) is 35.2 Å². The topological polar surface area (TPSA) is 27.3 Å². The van der Waals surface area contributed by atoms with Crippen molar-refractivity contribution in [2.45, 2.75) is 38.8 Å². The predicted molar refractivity (Wildman–Crippen MR) is 95.5 cm³/mol. The molecule has 21 heavy (non-hydrogen) atoms. The van der Waals surface area contributed by atoms with E-state index in [0.717, 1.165) is 31.6 Å². The number of hydrogen-bond donors (Lipinski definition) is 2. The summed E-state index contributed by atoms with van der Waals surface area (Å²) in [6, 6.07) is 6.50. The van der Waals surface area contributed by atoms with Crippen LogP contribution in [-0.2, 0) is 0 Å². The largest absolute Gasteiger partial charge is 0.360 e. The fourth-order valence-corrected chi connectivity index (χ4v) is 3.13. The first-order valence-electron chi connectivity index (χ1n) is 7.23. The number of rotatable bonds is 3. The highest BCUT2D eigenvalue weighted by Crippen LogP contribution is 2.29. The molecule has 1 aliphatic rings. The summed E-state index contributed by atoms with van der Waals surface area (Å²) >= 11 is 17.5. The van der Waals surface area contributed by atoms with Crippen LogP contribution in [0.2, 0.25) is 10.0 Å². The molecule has 6 heteroatoms. The first kappa shape index (κ1) is 16.8. The van der Waals surface area contributed by atoms with Gasteiger partial charge in [0.25, 0.3) is 0 Å². The first-order chi connectivity index (χ1) is 9.97. The van der Waals surface area contributed by atoms with E-state index in [4.69, 9.17) is 35.4 Å². The minimum atomic E-state index is 0.415. The molecule has 1 saturated heterocycles. The number of hydrogen-bond acceptors (Lipinski definition) is 2. The highest BCUT2D eigenvalue weighted by molar-refractivity contribution is 7.80. The fourth-order valence-electron chi connectivity index (χ4n) is 2.50. The third-order valence-corrected chi connectivity index (χ3v) is 4.83. The molecule has 0 spiro atoms. The van der Waals surface area contributed by atoms with Crippen molar-refractivity contribution in [3.63, 3.8) is 0 Å². The molecule has 0 aliphatic carbocycles. The molecular weight excluding hydrogens is 325 g/mol.